The van der Waals surface area contributed by atoms with Crippen LogP contribution in [0, 0.1) is 0 Å². The first-order chi connectivity index (χ1) is 3.15. The molecule has 0 saturated heterocycles. The minimum Gasteiger partial charge on any atom is -0.483 e. The van der Waals surface area contributed by atoms with Crippen molar-refractivity contribution < 1.29 is 53.6 Å². The molecule has 0 aliphatic heterocycles. The van der Waals surface area contributed by atoms with E-state index in [1.165, 1.54) is 0 Å². The van der Waals surface area contributed by atoms with Crippen molar-refractivity contribution in [1.29, 1.82) is 0 Å². The van der Waals surface area contributed by atoms with E-state index in [9.17, 15) is 0 Å². The Morgan fingerprint density at radius 3 is 1.56 bits per heavy atom. The van der Waals surface area contributed by atoms with Gasteiger partial charge in [-0.2, -0.15) is 0 Å². The Morgan fingerprint density at radius 1 is 1.56 bits per heavy atom. The van der Waals surface area contributed by atoms with E-state index >= 15 is 0 Å². The normalized spacial score (nSPS) is 4.11. The molecule has 0 spiro atoms. The van der Waals surface area contributed by atoms with Crippen LogP contribution in [0.25, 0.3) is 0 Å². The Labute approximate surface area is 73.3 Å². The van der Waals surface area contributed by atoms with Gasteiger partial charge in [0.2, 0.25) is 0 Å². The van der Waals surface area contributed by atoms with Gasteiger partial charge in [0.15, 0.2) is 0 Å². The molecule has 0 aromatic rings. The fourth-order valence-electron chi connectivity index (χ4n) is 0. The average molecular weight is 221 g/mol. The zero-order valence-electron chi connectivity index (χ0n) is 4.48. The molecule has 0 fully saturated rings. The molecule has 4 nitrogen and oxygen atoms in total. The molecule has 0 saturated carbocycles. The number of hydrogen-bond donors (Lipinski definition) is 2. The van der Waals surface area contributed by atoms with Crippen LogP contribution in [-0.2, 0) is 43.4 Å². The minimum atomic E-state index is -0.833. The van der Waals surface area contributed by atoms with Gasteiger partial charge in [-0.25, -0.2) is 0 Å². The Balaban J connectivity index is -0.0000000233. The first kappa shape index (κ1) is 23.1. The summed E-state index contributed by atoms with van der Waals surface area (Å²) < 4.78 is 0. The zero-order chi connectivity index (χ0) is 6.28. The van der Waals surface area contributed by atoms with Crippen molar-refractivity contribution in [3.63, 3.8) is 0 Å². The molecule has 1 radical (unpaired) electrons. The van der Waals surface area contributed by atoms with E-state index in [-0.39, 0.29) is 40.3 Å². The molecule has 2 N–H and O–H groups in total. The zero-order valence-corrected chi connectivity index (χ0v) is 6.62. The Bertz CT molecular complexity index is 62.8. The molecule has 0 aromatic heterocycles. The Morgan fingerprint density at radius 2 is 1.56 bits per heavy atom. The van der Waals surface area contributed by atoms with E-state index in [2.05, 4.69) is 0 Å². The van der Waals surface area contributed by atoms with Crippen LogP contribution in [0.2, 0.25) is 0 Å². The summed E-state index contributed by atoms with van der Waals surface area (Å²) in [5.41, 5.74) is 0. The molecule has 9 heavy (non-hydrogen) atoms. The van der Waals surface area contributed by atoms with Gasteiger partial charge in [-0.3, -0.25) is 9.59 Å². The maximum atomic E-state index is 9.00. The molecule has 0 atom stereocenters. The molecule has 0 amide bonds. The second-order valence-electron chi connectivity index (χ2n) is 0.624. The maximum absolute atomic E-state index is 9.00. The van der Waals surface area contributed by atoms with Crippen LogP contribution in [0.15, 0.2) is 0 Å². The summed E-state index contributed by atoms with van der Waals surface area (Å²) in [5, 5.41) is 14.3. The summed E-state index contributed by atoms with van der Waals surface area (Å²) in [6.45, 7) is 0.833. The number of hydrogen-bond acceptors (Lipinski definition) is 2. The largest absolute Gasteiger partial charge is 0.483 e. The van der Waals surface area contributed by atoms with E-state index in [0.717, 1.165) is 6.92 Å². The van der Waals surface area contributed by atoms with Crippen LogP contribution in [0.3, 0.4) is 0 Å². The van der Waals surface area contributed by atoms with Gasteiger partial charge in [-0.15, -0.1) is 0 Å². The van der Waals surface area contributed by atoms with Gasteiger partial charge in [-0.1, -0.05) is 0 Å². The molecule has 59 valence electrons. The summed E-state index contributed by atoms with van der Waals surface area (Å²) in [6, 6.07) is 0. The minimum absolute atomic E-state index is 0. The summed E-state index contributed by atoms with van der Waals surface area (Å²) >= 11 is 0. The third kappa shape index (κ3) is 245000. The van der Waals surface area contributed by atoms with Crippen molar-refractivity contribution in [3.05, 3.63) is 0 Å². The third-order valence-corrected chi connectivity index (χ3v) is 0. The maximum Gasteiger partial charge on any atom is 0.300 e. The van der Waals surface area contributed by atoms with Crippen molar-refractivity contribution in [2.45, 2.75) is 6.92 Å². The second-order valence-corrected chi connectivity index (χ2v) is 0.624. The smallest absolute Gasteiger partial charge is 0.300 e. The average Bonchev–Trinajstić information content (AvgIpc) is 1.33. The third-order valence-electron chi connectivity index (χ3n) is 0. The summed E-state index contributed by atoms with van der Waals surface area (Å²) in [6.07, 6.45) is 0. The van der Waals surface area contributed by atoms with Crippen LogP contribution in [0.5, 0.6) is 0 Å². The summed E-state index contributed by atoms with van der Waals surface area (Å²) in [5.74, 6) is -0.833. The van der Waals surface area contributed by atoms with Crippen molar-refractivity contribution in [2.75, 3.05) is 0 Å². The molecule has 0 bridgehead atoms. The molecular weight excluding hydrogens is 215 g/mol. The van der Waals surface area contributed by atoms with Gasteiger partial charge in [0.25, 0.3) is 12.4 Å². The molecule has 0 aliphatic rings. The number of rotatable bonds is 0. The van der Waals surface area contributed by atoms with Crippen LogP contribution in [0.4, 0.5) is 0 Å². The molecule has 0 unspecified atom stereocenters. The van der Waals surface area contributed by atoms with Crippen LogP contribution in [-0.4, -0.2) is 22.7 Å². The van der Waals surface area contributed by atoms with Gasteiger partial charge >= 0.3 is 0 Å². The van der Waals surface area contributed by atoms with E-state index in [0.29, 0.717) is 0 Å². The van der Waals surface area contributed by atoms with E-state index < -0.39 is 5.97 Å². The molecule has 0 rings (SSSR count). The van der Waals surface area contributed by atoms with Gasteiger partial charge in [-0.05, 0) is 0 Å². The number of carboxylic acid groups (broad SMARTS) is 2. The number of aliphatic carboxylic acids is 1. The van der Waals surface area contributed by atoms with E-state index in [1.54, 1.807) is 0 Å². The van der Waals surface area contributed by atoms with Crippen LogP contribution in [0.1, 0.15) is 6.92 Å². The first-order valence-electron chi connectivity index (χ1n) is 1.42. The monoisotopic (exact) mass is 221 g/mol. The number of carboxylic acids is 1. The van der Waals surface area contributed by atoms with Crippen molar-refractivity contribution >= 4 is 12.4 Å². The predicted octanol–water partition coefficient (Wildman–Crippen LogP) is -0.213. The van der Waals surface area contributed by atoms with Crippen molar-refractivity contribution in [1.82, 2.24) is 0 Å². The topological polar surface area (TPSA) is 74.6 Å². The first-order valence-corrected chi connectivity index (χ1v) is 1.42. The van der Waals surface area contributed by atoms with Gasteiger partial charge in [0.1, 0.15) is 0 Å². The SMILES string of the molecule is CC(=O)O.O=CO.[Co].[Fe]. The van der Waals surface area contributed by atoms with Crippen molar-refractivity contribution in [3.8, 4) is 0 Å². The second kappa shape index (κ2) is 24.6. The van der Waals surface area contributed by atoms with Crippen LogP contribution < -0.4 is 0 Å². The van der Waals surface area contributed by atoms with E-state index in [1.807, 2.05) is 0 Å². The van der Waals surface area contributed by atoms with Gasteiger partial charge in [0, 0.05) is 40.8 Å². The van der Waals surface area contributed by atoms with Gasteiger partial charge in [0.05, 0.1) is 0 Å². The molecule has 0 aromatic carbocycles. The quantitative estimate of drug-likeness (QED) is 0.438. The molecule has 6 heteroatoms. The van der Waals surface area contributed by atoms with E-state index in [4.69, 9.17) is 19.8 Å². The Hall–Kier alpha value is -0.0340. The van der Waals surface area contributed by atoms with Crippen molar-refractivity contribution in [2.24, 2.45) is 0 Å². The van der Waals surface area contributed by atoms with Crippen LogP contribution >= 0.6 is 0 Å². The standard InChI is InChI=1S/C2H4O2.CH2O2.Co.Fe/c1-2(3)4;2-1-3;;/h1H3,(H,3,4);1H,(H,2,3);;. The molecule has 0 aliphatic carbocycles. The molecule has 0 heterocycles. The number of carbonyl (C=O) groups is 2. The fraction of sp³-hybridized carbons (Fsp3) is 0.333. The summed E-state index contributed by atoms with van der Waals surface area (Å²) in [7, 11) is 0. The predicted molar refractivity (Wildman–Crippen MR) is 22.0 cm³/mol. The van der Waals surface area contributed by atoms with Gasteiger partial charge < -0.3 is 10.2 Å². The summed E-state index contributed by atoms with van der Waals surface area (Å²) in [4.78, 5) is 17.4. The Kier molecular flexibility index (Phi) is 63.0. The fourth-order valence-corrected chi connectivity index (χ4v) is 0. The molecular formula is C3H6CoFeO4.